The number of Topliss-reactive ketones (excluding diaryl/α,β-unsaturated/α-hetero) is 1. The monoisotopic (exact) mass is 715 g/mol. The molecule has 3 aliphatic heterocycles. The Bertz CT molecular complexity index is 1680. The van der Waals surface area contributed by atoms with Crippen molar-refractivity contribution in [3.63, 3.8) is 0 Å². The Labute approximate surface area is 304 Å². The SMILES string of the molecule is CCCC(C(=O)C(=O)NCc1cccnc1)[N+]12CCC3CN(C(=O)C(NC(=O)C(NC(=O)c4cnccn4)C4CCCCC4)C(C)(C)C)C(C1=O)C32. The summed E-state index contributed by atoms with van der Waals surface area (Å²) in [7, 11) is 0. The van der Waals surface area contributed by atoms with Crippen molar-refractivity contribution in [1.29, 1.82) is 0 Å². The highest BCUT2D eigenvalue weighted by molar-refractivity contribution is 6.38. The largest absolute Gasteiger partial charge is 0.345 e. The normalized spacial score (nSPS) is 25.7. The Balaban J connectivity index is 1.19. The van der Waals surface area contributed by atoms with Crippen molar-refractivity contribution in [2.24, 2.45) is 17.3 Å². The quantitative estimate of drug-likeness (QED) is 0.159. The number of amides is 5. The Hall–Kier alpha value is -4.59. The Morgan fingerprint density at radius 2 is 1.73 bits per heavy atom. The Morgan fingerprint density at radius 1 is 0.981 bits per heavy atom. The second-order valence-electron chi connectivity index (χ2n) is 15.9. The molecule has 278 valence electrons. The summed E-state index contributed by atoms with van der Waals surface area (Å²) in [6.07, 6.45) is 13.6. The predicted octanol–water partition coefficient (Wildman–Crippen LogP) is 2.09. The molecule has 2 aromatic rings. The first-order chi connectivity index (χ1) is 24.9. The molecular weight excluding hydrogens is 664 g/mol. The molecule has 3 saturated heterocycles. The fraction of sp³-hybridized carbons (Fsp3) is 0.605. The molecule has 1 aliphatic carbocycles. The van der Waals surface area contributed by atoms with Crippen molar-refractivity contribution in [2.75, 3.05) is 13.1 Å². The molecule has 7 unspecified atom stereocenters. The van der Waals surface area contributed by atoms with Gasteiger partial charge in [0.15, 0.2) is 6.04 Å². The van der Waals surface area contributed by atoms with Gasteiger partial charge in [0, 0.05) is 56.6 Å². The lowest BCUT2D eigenvalue weighted by Gasteiger charge is -2.53. The number of likely N-dealkylation sites (tertiary alicyclic amines) is 1. The highest BCUT2D eigenvalue weighted by Gasteiger charge is 2.78. The number of hydrogen-bond donors (Lipinski definition) is 3. The topological polar surface area (TPSA) is 180 Å². The minimum atomic E-state index is -0.986. The second-order valence-corrected chi connectivity index (χ2v) is 15.9. The predicted molar refractivity (Wildman–Crippen MR) is 189 cm³/mol. The van der Waals surface area contributed by atoms with Gasteiger partial charge >= 0.3 is 5.91 Å². The van der Waals surface area contributed by atoms with Crippen LogP contribution in [0.2, 0.25) is 0 Å². The van der Waals surface area contributed by atoms with Crippen LogP contribution >= 0.6 is 0 Å². The molecule has 5 amide bonds. The fourth-order valence-electron chi connectivity index (χ4n) is 9.09. The standard InChI is InChI=1S/C38H50N8O6/c1-5-10-27(31(47)35(50)42-20-23-11-9-15-39-19-23)46-18-14-25-22-45(29(30(25)46)37(46)52)36(51)32(38(2,3)4)44-34(49)28(24-12-7-6-8-13-24)43-33(48)26-21-40-16-17-41-26/h9,11,15-17,19,21,24-25,27-30,32H,5-8,10,12-14,18,20,22H2,1-4H3,(H2-,42,43,44,48,49,50)/p+1. The van der Waals surface area contributed by atoms with Gasteiger partial charge in [-0.15, -0.1) is 0 Å². The molecule has 4 fully saturated rings. The molecule has 0 radical (unpaired) electrons. The Morgan fingerprint density at radius 3 is 2.38 bits per heavy atom. The van der Waals surface area contributed by atoms with E-state index in [0.29, 0.717) is 32.4 Å². The van der Waals surface area contributed by atoms with Crippen LogP contribution in [-0.4, -0.2) is 103 Å². The van der Waals surface area contributed by atoms with E-state index in [4.69, 9.17) is 0 Å². The molecule has 5 heterocycles. The summed E-state index contributed by atoms with van der Waals surface area (Å²) >= 11 is 0. The van der Waals surface area contributed by atoms with Gasteiger partial charge in [-0.25, -0.2) is 14.3 Å². The molecule has 0 bridgehead atoms. The van der Waals surface area contributed by atoms with E-state index in [1.807, 2.05) is 27.7 Å². The summed E-state index contributed by atoms with van der Waals surface area (Å²) in [5.41, 5.74) is 0.119. The van der Waals surface area contributed by atoms with Gasteiger partial charge in [0.2, 0.25) is 17.9 Å². The van der Waals surface area contributed by atoms with Gasteiger partial charge in [-0.2, -0.15) is 0 Å². The third-order valence-corrected chi connectivity index (χ3v) is 11.6. The van der Waals surface area contributed by atoms with E-state index in [-0.39, 0.29) is 46.4 Å². The fourth-order valence-corrected chi connectivity index (χ4v) is 9.09. The van der Waals surface area contributed by atoms with Gasteiger partial charge in [0.1, 0.15) is 23.8 Å². The third-order valence-electron chi connectivity index (χ3n) is 11.6. The van der Waals surface area contributed by atoms with Gasteiger partial charge < -0.3 is 20.9 Å². The lowest BCUT2D eigenvalue weighted by Crippen LogP contribution is -2.82. The van der Waals surface area contributed by atoms with E-state index in [2.05, 4.69) is 30.9 Å². The van der Waals surface area contributed by atoms with Crippen LogP contribution in [0.4, 0.5) is 0 Å². The van der Waals surface area contributed by atoms with Gasteiger partial charge in [-0.1, -0.05) is 59.4 Å². The summed E-state index contributed by atoms with van der Waals surface area (Å²) in [4.78, 5) is 97.0. The number of aromatic nitrogens is 3. The van der Waals surface area contributed by atoms with Gasteiger partial charge in [0.05, 0.1) is 12.7 Å². The van der Waals surface area contributed by atoms with E-state index in [1.165, 1.54) is 18.6 Å². The number of hydrogen-bond acceptors (Lipinski definition) is 9. The van der Waals surface area contributed by atoms with Crippen molar-refractivity contribution in [2.45, 2.75) is 116 Å². The molecule has 6 rings (SSSR count). The zero-order valence-electron chi connectivity index (χ0n) is 30.5. The molecular formula is C38H51N8O6+. The third kappa shape index (κ3) is 6.96. The maximum absolute atomic E-state index is 14.6. The number of nitrogens with zero attached hydrogens (tertiary/aromatic N) is 5. The second kappa shape index (κ2) is 15.2. The van der Waals surface area contributed by atoms with Crippen LogP contribution < -0.4 is 16.0 Å². The molecule has 0 aromatic carbocycles. The summed E-state index contributed by atoms with van der Waals surface area (Å²) < 4.78 is -0.100. The average Bonchev–Trinajstić information content (AvgIpc) is 3.67. The molecule has 7 atom stereocenters. The van der Waals surface area contributed by atoms with Crippen molar-refractivity contribution >= 4 is 35.3 Å². The van der Waals surface area contributed by atoms with Crippen LogP contribution in [0.25, 0.3) is 0 Å². The highest BCUT2D eigenvalue weighted by Crippen LogP contribution is 2.53. The highest BCUT2D eigenvalue weighted by atomic mass is 16.2. The van der Waals surface area contributed by atoms with Crippen molar-refractivity contribution < 1.29 is 33.3 Å². The lowest BCUT2D eigenvalue weighted by atomic mass is 9.81. The van der Waals surface area contributed by atoms with Gasteiger partial charge in [-0.3, -0.25) is 33.9 Å². The smallest absolute Gasteiger partial charge is 0.343 e. The van der Waals surface area contributed by atoms with Crippen LogP contribution in [0.5, 0.6) is 0 Å². The molecule has 2 aromatic heterocycles. The average molecular weight is 716 g/mol. The van der Waals surface area contributed by atoms with Crippen LogP contribution in [0.15, 0.2) is 43.1 Å². The number of carbonyl (C=O) groups excluding carboxylic acids is 6. The number of quaternary nitrogens is 1. The summed E-state index contributed by atoms with van der Waals surface area (Å²) in [6.45, 7) is 8.45. The van der Waals surface area contributed by atoms with E-state index in [9.17, 15) is 28.8 Å². The number of pyridine rings is 1. The zero-order chi connectivity index (χ0) is 37.2. The van der Waals surface area contributed by atoms with Gasteiger partial charge in [-0.05, 0) is 35.8 Å². The number of nitrogens with one attached hydrogen (secondary N) is 3. The summed E-state index contributed by atoms with van der Waals surface area (Å²) in [5.74, 6) is -3.02. The van der Waals surface area contributed by atoms with E-state index in [0.717, 1.165) is 37.7 Å². The van der Waals surface area contributed by atoms with E-state index in [1.54, 1.807) is 29.4 Å². The summed E-state index contributed by atoms with van der Waals surface area (Å²) in [5, 5.41) is 8.61. The maximum Gasteiger partial charge on any atom is 0.343 e. The molecule has 3 N–H and O–H groups in total. The molecule has 1 saturated carbocycles. The Kier molecular flexibility index (Phi) is 10.8. The number of β-lactam (4-membered cyclic amide) rings is 1. The minimum absolute atomic E-state index is 0.0187. The number of ketones is 1. The van der Waals surface area contributed by atoms with E-state index >= 15 is 0 Å². The van der Waals surface area contributed by atoms with E-state index < -0.39 is 53.1 Å². The maximum atomic E-state index is 14.6. The first-order valence-corrected chi connectivity index (χ1v) is 18.7. The molecule has 0 spiro atoms. The van der Waals surface area contributed by atoms with Crippen LogP contribution in [0.3, 0.4) is 0 Å². The molecule has 14 heteroatoms. The van der Waals surface area contributed by atoms with Crippen LogP contribution in [0, 0.1) is 17.3 Å². The first kappa shape index (κ1) is 37.2. The minimum Gasteiger partial charge on any atom is -0.345 e. The lowest BCUT2D eigenvalue weighted by molar-refractivity contribution is -0.911. The van der Waals surface area contributed by atoms with Crippen molar-refractivity contribution in [1.82, 2.24) is 35.8 Å². The zero-order valence-corrected chi connectivity index (χ0v) is 30.5. The molecule has 4 aliphatic rings. The molecule has 14 nitrogen and oxygen atoms in total. The summed E-state index contributed by atoms with van der Waals surface area (Å²) in [6, 6.07) is -0.174. The molecule has 52 heavy (non-hydrogen) atoms. The number of carbonyl (C=O) groups is 6. The first-order valence-electron chi connectivity index (χ1n) is 18.7. The van der Waals surface area contributed by atoms with Crippen LogP contribution in [-0.2, 0) is 30.5 Å². The van der Waals surface area contributed by atoms with Crippen LogP contribution in [0.1, 0.15) is 95.1 Å². The van der Waals surface area contributed by atoms with Crippen molar-refractivity contribution in [3.05, 3.63) is 54.4 Å². The number of rotatable bonds is 13. The van der Waals surface area contributed by atoms with Gasteiger partial charge in [0.25, 0.3) is 17.6 Å². The van der Waals surface area contributed by atoms with Crippen molar-refractivity contribution in [3.8, 4) is 0 Å².